The number of nitrogens with two attached hydrogens (primary N) is 1. The lowest BCUT2D eigenvalue weighted by Gasteiger charge is -2.23. The van der Waals surface area contributed by atoms with Gasteiger partial charge in [0.2, 0.25) is 5.91 Å². The smallest absolute Gasteiger partial charge is 0.237 e. The number of nitrogens with one attached hydrogen (secondary N) is 1. The maximum Gasteiger partial charge on any atom is 0.237 e. The van der Waals surface area contributed by atoms with Crippen LogP contribution in [0.25, 0.3) is 0 Å². The molecule has 0 aliphatic heterocycles. The number of hydrogen-bond donors (Lipinski definition) is 3. The molecule has 5 heteroatoms. The van der Waals surface area contributed by atoms with Crippen molar-refractivity contribution in [2.75, 3.05) is 18.6 Å². The monoisotopic (exact) mass is 234 g/mol. The molecule has 0 aliphatic carbocycles. The van der Waals surface area contributed by atoms with Gasteiger partial charge in [0.25, 0.3) is 0 Å². The molecule has 0 rings (SSSR count). The topological polar surface area (TPSA) is 75.4 Å². The minimum Gasteiger partial charge on any atom is -0.387 e. The lowest BCUT2D eigenvalue weighted by atomic mass is 10.1. The van der Waals surface area contributed by atoms with Gasteiger partial charge in [0.1, 0.15) is 0 Å². The zero-order chi connectivity index (χ0) is 11.9. The van der Waals surface area contributed by atoms with Crippen molar-refractivity contribution in [2.24, 2.45) is 5.73 Å². The van der Waals surface area contributed by atoms with Crippen LogP contribution in [0.5, 0.6) is 0 Å². The summed E-state index contributed by atoms with van der Waals surface area (Å²) in [5.74, 6) is 0.411. The Morgan fingerprint density at radius 3 is 2.73 bits per heavy atom. The molecule has 0 aromatic rings. The van der Waals surface area contributed by atoms with Crippen molar-refractivity contribution in [3.8, 4) is 0 Å². The van der Waals surface area contributed by atoms with Gasteiger partial charge in [0, 0.05) is 12.3 Å². The molecule has 1 unspecified atom stereocenters. The van der Waals surface area contributed by atoms with E-state index in [0.717, 1.165) is 6.42 Å². The lowest BCUT2D eigenvalue weighted by molar-refractivity contribution is -0.123. The van der Waals surface area contributed by atoms with Crippen molar-refractivity contribution in [1.29, 1.82) is 0 Å². The second-order valence-corrected chi connectivity index (χ2v) is 4.91. The lowest BCUT2D eigenvalue weighted by Crippen LogP contribution is -2.48. The summed E-state index contributed by atoms with van der Waals surface area (Å²) in [5, 5.41) is 12.5. The molecule has 0 aromatic carbocycles. The summed E-state index contributed by atoms with van der Waals surface area (Å²) in [4.78, 5) is 11.4. The molecule has 0 bridgehead atoms. The predicted octanol–water partition coefficient (Wildman–Crippen LogP) is 0.344. The largest absolute Gasteiger partial charge is 0.387 e. The Hall–Kier alpha value is -0.260. The molecule has 0 saturated carbocycles. The average Bonchev–Trinajstić information content (AvgIpc) is 2.14. The van der Waals surface area contributed by atoms with Crippen molar-refractivity contribution in [1.82, 2.24) is 5.32 Å². The molecule has 0 fully saturated rings. The fraction of sp³-hybridized carbons (Fsp3) is 0.900. The number of aliphatic hydroxyl groups is 1. The normalized spacial score (nSPS) is 16.9. The summed E-state index contributed by atoms with van der Waals surface area (Å²) >= 11 is 1.55. The van der Waals surface area contributed by atoms with Crippen LogP contribution in [-0.4, -0.2) is 41.2 Å². The first kappa shape index (κ1) is 14.7. The Morgan fingerprint density at radius 1 is 1.67 bits per heavy atom. The molecule has 0 aliphatic rings. The van der Waals surface area contributed by atoms with Crippen molar-refractivity contribution in [3.63, 3.8) is 0 Å². The second kappa shape index (κ2) is 7.09. The third-order valence-corrected chi connectivity index (χ3v) is 2.95. The van der Waals surface area contributed by atoms with E-state index in [-0.39, 0.29) is 12.5 Å². The van der Waals surface area contributed by atoms with Crippen LogP contribution >= 0.6 is 11.8 Å². The van der Waals surface area contributed by atoms with E-state index in [1.807, 2.05) is 13.2 Å². The van der Waals surface area contributed by atoms with Crippen LogP contribution in [0.15, 0.2) is 0 Å². The van der Waals surface area contributed by atoms with E-state index < -0.39 is 11.6 Å². The molecule has 0 radical (unpaired) electrons. The highest BCUT2D eigenvalue weighted by atomic mass is 32.2. The summed E-state index contributed by atoms with van der Waals surface area (Å²) in [6, 6.07) is -0.458. The Labute approximate surface area is 96.0 Å². The van der Waals surface area contributed by atoms with Crippen molar-refractivity contribution in [3.05, 3.63) is 0 Å². The van der Waals surface area contributed by atoms with Crippen LogP contribution in [-0.2, 0) is 4.79 Å². The van der Waals surface area contributed by atoms with Gasteiger partial charge in [-0.25, -0.2) is 0 Å². The summed E-state index contributed by atoms with van der Waals surface area (Å²) in [7, 11) is 0. The molecule has 0 spiro atoms. The standard InChI is InChI=1S/C10H22N2O2S/c1-4-5-8(11)9(13)12-6-10(2,14)7-15-3/h8,14H,4-7,11H2,1-3H3,(H,12,13)/t8-,10?/m1/s1. The SMILES string of the molecule is CCC[C@@H](N)C(=O)NCC(C)(O)CSC. The van der Waals surface area contributed by atoms with E-state index in [9.17, 15) is 9.90 Å². The fourth-order valence-corrected chi connectivity index (χ4v) is 1.94. The van der Waals surface area contributed by atoms with E-state index in [1.165, 1.54) is 0 Å². The highest BCUT2D eigenvalue weighted by Gasteiger charge is 2.21. The third kappa shape index (κ3) is 6.76. The van der Waals surface area contributed by atoms with Gasteiger partial charge in [0.15, 0.2) is 0 Å². The maximum absolute atomic E-state index is 11.4. The van der Waals surface area contributed by atoms with E-state index in [1.54, 1.807) is 18.7 Å². The molecule has 0 saturated heterocycles. The number of rotatable bonds is 7. The van der Waals surface area contributed by atoms with Gasteiger partial charge in [-0.2, -0.15) is 11.8 Å². The quantitative estimate of drug-likeness (QED) is 0.594. The number of carbonyl (C=O) groups excluding carboxylic acids is 1. The second-order valence-electron chi connectivity index (χ2n) is 4.04. The summed E-state index contributed by atoms with van der Waals surface area (Å²) in [5.41, 5.74) is 4.77. The molecule has 0 heterocycles. The van der Waals surface area contributed by atoms with Gasteiger partial charge in [-0.1, -0.05) is 13.3 Å². The highest BCUT2D eigenvalue weighted by molar-refractivity contribution is 7.98. The Balaban J connectivity index is 3.88. The third-order valence-electron chi connectivity index (χ3n) is 2.04. The van der Waals surface area contributed by atoms with Crippen molar-refractivity contribution in [2.45, 2.75) is 38.3 Å². The zero-order valence-electron chi connectivity index (χ0n) is 9.75. The molecule has 1 amide bonds. The van der Waals surface area contributed by atoms with Crippen LogP contribution in [0.3, 0.4) is 0 Å². The first-order valence-electron chi connectivity index (χ1n) is 5.17. The Morgan fingerprint density at radius 2 is 2.27 bits per heavy atom. The first-order valence-corrected chi connectivity index (χ1v) is 6.57. The number of amides is 1. The van der Waals surface area contributed by atoms with E-state index >= 15 is 0 Å². The molecular weight excluding hydrogens is 212 g/mol. The van der Waals surface area contributed by atoms with Crippen molar-refractivity contribution < 1.29 is 9.90 Å². The van der Waals surface area contributed by atoms with Crippen LogP contribution in [0.4, 0.5) is 0 Å². The maximum atomic E-state index is 11.4. The highest BCUT2D eigenvalue weighted by Crippen LogP contribution is 2.09. The average molecular weight is 234 g/mol. The van der Waals surface area contributed by atoms with Gasteiger partial charge >= 0.3 is 0 Å². The first-order chi connectivity index (χ1) is 6.93. The molecule has 2 atom stereocenters. The molecule has 0 aromatic heterocycles. The number of hydrogen-bond acceptors (Lipinski definition) is 4. The van der Waals surface area contributed by atoms with Crippen LogP contribution < -0.4 is 11.1 Å². The summed E-state index contributed by atoms with van der Waals surface area (Å²) in [6.07, 6.45) is 3.48. The van der Waals surface area contributed by atoms with Gasteiger partial charge in [-0.05, 0) is 19.6 Å². The van der Waals surface area contributed by atoms with Crippen LogP contribution in [0, 0.1) is 0 Å². The molecule has 15 heavy (non-hydrogen) atoms. The van der Waals surface area contributed by atoms with E-state index in [0.29, 0.717) is 12.2 Å². The number of thioether (sulfide) groups is 1. The fourth-order valence-electron chi connectivity index (χ4n) is 1.21. The van der Waals surface area contributed by atoms with Crippen LogP contribution in [0.2, 0.25) is 0 Å². The van der Waals surface area contributed by atoms with Gasteiger partial charge in [-0.3, -0.25) is 4.79 Å². The molecule has 4 N–H and O–H groups in total. The van der Waals surface area contributed by atoms with Crippen molar-refractivity contribution >= 4 is 17.7 Å². The molecule has 90 valence electrons. The summed E-state index contributed by atoms with van der Waals surface area (Å²) < 4.78 is 0. The van der Waals surface area contributed by atoms with E-state index in [2.05, 4.69) is 5.32 Å². The zero-order valence-corrected chi connectivity index (χ0v) is 10.6. The Bertz CT molecular complexity index is 198. The number of carbonyl (C=O) groups is 1. The predicted molar refractivity (Wildman–Crippen MR) is 64.9 cm³/mol. The van der Waals surface area contributed by atoms with Gasteiger partial charge in [-0.15, -0.1) is 0 Å². The minimum absolute atomic E-state index is 0.182. The van der Waals surface area contributed by atoms with Gasteiger partial charge in [0.05, 0.1) is 11.6 Å². The Kier molecular flexibility index (Phi) is 6.96. The van der Waals surface area contributed by atoms with Gasteiger partial charge < -0.3 is 16.2 Å². The van der Waals surface area contributed by atoms with E-state index in [4.69, 9.17) is 5.73 Å². The minimum atomic E-state index is -0.860. The summed E-state index contributed by atoms with van der Waals surface area (Å²) in [6.45, 7) is 3.94. The molecule has 4 nitrogen and oxygen atoms in total. The molecular formula is C10H22N2O2S. The van der Waals surface area contributed by atoms with Crippen LogP contribution in [0.1, 0.15) is 26.7 Å².